The molecule has 2 fully saturated rings. The van der Waals surface area contributed by atoms with Gasteiger partial charge in [-0.15, -0.1) is 0 Å². The van der Waals surface area contributed by atoms with Crippen LogP contribution in [0.5, 0.6) is 0 Å². The topological polar surface area (TPSA) is 52.6 Å². The highest BCUT2D eigenvalue weighted by Gasteiger charge is 2.30. The number of nitrogens with zero attached hydrogens (tertiary/aromatic N) is 1. The number of likely N-dealkylation sites (tertiary alicyclic amines) is 1. The molecule has 2 rings (SSSR count). The van der Waals surface area contributed by atoms with Gasteiger partial charge in [0.2, 0.25) is 5.91 Å². The summed E-state index contributed by atoms with van der Waals surface area (Å²) in [7, 11) is 0. The van der Waals surface area contributed by atoms with E-state index in [9.17, 15) is 9.90 Å². The van der Waals surface area contributed by atoms with Crippen molar-refractivity contribution in [3.8, 4) is 0 Å². The van der Waals surface area contributed by atoms with Gasteiger partial charge < -0.3 is 15.3 Å². The number of amides is 1. The van der Waals surface area contributed by atoms with Crippen LogP contribution in [0.4, 0.5) is 0 Å². The number of β-amino-alcohol motifs (C(OH)–C–C–N with tert-alkyl or cyclic N) is 1. The fraction of sp³-hybridized carbons (Fsp3) is 0.917. The standard InChI is InChI=1S/C12H22N2O2/c1-9-4-2-6-11(13-9)12(16)14-7-3-5-10(15)8-14/h9-11,13,15H,2-8H2,1H3. The van der Waals surface area contributed by atoms with E-state index in [1.54, 1.807) is 0 Å². The zero-order valence-electron chi connectivity index (χ0n) is 9.98. The average Bonchev–Trinajstić information content (AvgIpc) is 2.28. The molecule has 4 heteroatoms. The second kappa shape index (κ2) is 5.15. The molecule has 2 N–H and O–H groups in total. The van der Waals surface area contributed by atoms with Crippen molar-refractivity contribution in [3.05, 3.63) is 0 Å². The maximum Gasteiger partial charge on any atom is 0.239 e. The number of carbonyl (C=O) groups is 1. The fourth-order valence-electron chi connectivity index (χ4n) is 2.71. The summed E-state index contributed by atoms with van der Waals surface area (Å²) >= 11 is 0. The lowest BCUT2D eigenvalue weighted by molar-refractivity contribution is -0.137. The number of aliphatic hydroxyl groups excluding tert-OH is 1. The molecule has 4 nitrogen and oxygen atoms in total. The summed E-state index contributed by atoms with van der Waals surface area (Å²) < 4.78 is 0. The smallest absolute Gasteiger partial charge is 0.239 e. The largest absolute Gasteiger partial charge is 0.391 e. The molecule has 2 saturated heterocycles. The monoisotopic (exact) mass is 226 g/mol. The summed E-state index contributed by atoms with van der Waals surface area (Å²) in [5.41, 5.74) is 0. The van der Waals surface area contributed by atoms with E-state index in [4.69, 9.17) is 0 Å². The minimum absolute atomic E-state index is 0.0194. The molecule has 0 aromatic rings. The van der Waals surface area contributed by atoms with Crippen molar-refractivity contribution in [1.82, 2.24) is 10.2 Å². The quantitative estimate of drug-likeness (QED) is 0.684. The maximum absolute atomic E-state index is 12.2. The molecule has 92 valence electrons. The van der Waals surface area contributed by atoms with Crippen LogP contribution in [0.3, 0.4) is 0 Å². The predicted molar refractivity (Wildman–Crippen MR) is 62.1 cm³/mol. The van der Waals surface area contributed by atoms with Crippen molar-refractivity contribution in [2.24, 2.45) is 0 Å². The first-order chi connectivity index (χ1) is 7.66. The first-order valence-corrected chi connectivity index (χ1v) is 6.39. The predicted octanol–water partition coefficient (Wildman–Crippen LogP) is 0.500. The number of nitrogens with one attached hydrogen (secondary N) is 1. The van der Waals surface area contributed by atoms with Crippen molar-refractivity contribution < 1.29 is 9.90 Å². The van der Waals surface area contributed by atoms with E-state index >= 15 is 0 Å². The zero-order chi connectivity index (χ0) is 11.5. The molecule has 0 spiro atoms. The van der Waals surface area contributed by atoms with E-state index in [1.807, 2.05) is 4.90 Å². The van der Waals surface area contributed by atoms with Gasteiger partial charge in [0.05, 0.1) is 12.1 Å². The summed E-state index contributed by atoms with van der Waals surface area (Å²) in [4.78, 5) is 14.0. The Morgan fingerprint density at radius 1 is 1.31 bits per heavy atom. The Kier molecular flexibility index (Phi) is 3.82. The molecule has 2 aliphatic rings. The molecule has 0 aromatic heterocycles. The number of aliphatic hydroxyl groups is 1. The third kappa shape index (κ3) is 2.74. The van der Waals surface area contributed by atoms with Gasteiger partial charge in [-0.1, -0.05) is 0 Å². The van der Waals surface area contributed by atoms with Gasteiger partial charge in [-0.25, -0.2) is 0 Å². The van der Waals surface area contributed by atoms with Gasteiger partial charge in [0, 0.05) is 19.1 Å². The highest BCUT2D eigenvalue weighted by Crippen LogP contribution is 2.17. The Bertz CT molecular complexity index is 233. The van der Waals surface area contributed by atoms with Crippen LogP contribution in [0.25, 0.3) is 0 Å². The first-order valence-electron chi connectivity index (χ1n) is 6.39. The molecule has 0 aromatic carbocycles. The van der Waals surface area contributed by atoms with Gasteiger partial charge in [0.1, 0.15) is 0 Å². The molecular formula is C12H22N2O2. The Morgan fingerprint density at radius 3 is 2.81 bits per heavy atom. The minimum atomic E-state index is -0.321. The van der Waals surface area contributed by atoms with Crippen molar-refractivity contribution in [3.63, 3.8) is 0 Å². The number of hydrogen-bond donors (Lipinski definition) is 2. The molecule has 3 atom stereocenters. The third-order valence-electron chi connectivity index (χ3n) is 3.62. The second-order valence-electron chi connectivity index (χ2n) is 5.13. The van der Waals surface area contributed by atoms with Crippen LogP contribution in [-0.4, -0.2) is 47.2 Å². The van der Waals surface area contributed by atoms with Crippen LogP contribution in [-0.2, 0) is 4.79 Å². The summed E-state index contributed by atoms with van der Waals surface area (Å²) in [5, 5.41) is 12.9. The van der Waals surface area contributed by atoms with Gasteiger partial charge >= 0.3 is 0 Å². The summed E-state index contributed by atoms with van der Waals surface area (Å²) in [5.74, 6) is 0.185. The lowest BCUT2D eigenvalue weighted by Gasteiger charge is -2.36. The Labute approximate surface area is 97.0 Å². The van der Waals surface area contributed by atoms with Crippen molar-refractivity contribution >= 4 is 5.91 Å². The van der Waals surface area contributed by atoms with E-state index in [0.717, 1.165) is 38.6 Å². The number of carbonyl (C=O) groups excluding carboxylic acids is 1. The van der Waals surface area contributed by atoms with Crippen LogP contribution < -0.4 is 5.32 Å². The highest BCUT2D eigenvalue weighted by atomic mass is 16.3. The van der Waals surface area contributed by atoms with Gasteiger partial charge in [-0.3, -0.25) is 4.79 Å². The molecule has 16 heavy (non-hydrogen) atoms. The van der Waals surface area contributed by atoms with Crippen molar-refractivity contribution in [2.75, 3.05) is 13.1 Å². The summed E-state index contributed by atoms with van der Waals surface area (Å²) in [6.07, 6.45) is 4.66. The third-order valence-corrected chi connectivity index (χ3v) is 3.62. The summed E-state index contributed by atoms with van der Waals surface area (Å²) in [6.45, 7) is 3.46. The lowest BCUT2D eigenvalue weighted by Crippen LogP contribution is -2.54. The van der Waals surface area contributed by atoms with E-state index in [2.05, 4.69) is 12.2 Å². The molecule has 0 radical (unpaired) electrons. The van der Waals surface area contributed by atoms with E-state index < -0.39 is 0 Å². The van der Waals surface area contributed by atoms with Crippen molar-refractivity contribution in [2.45, 2.75) is 57.2 Å². The lowest BCUT2D eigenvalue weighted by atomic mass is 9.97. The van der Waals surface area contributed by atoms with Crippen LogP contribution in [0.2, 0.25) is 0 Å². The number of piperidine rings is 2. The first kappa shape index (κ1) is 11.9. The molecular weight excluding hydrogens is 204 g/mol. The fourth-order valence-corrected chi connectivity index (χ4v) is 2.71. The Hall–Kier alpha value is -0.610. The number of rotatable bonds is 1. The highest BCUT2D eigenvalue weighted by molar-refractivity contribution is 5.82. The molecule has 1 amide bonds. The van der Waals surface area contributed by atoms with Gasteiger partial charge in [-0.2, -0.15) is 0 Å². The molecule has 0 saturated carbocycles. The second-order valence-corrected chi connectivity index (χ2v) is 5.13. The van der Waals surface area contributed by atoms with Crippen LogP contribution in [0, 0.1) is 0 Å². The van der Waals surface area contributed by atoms with E-state index in [1.165, 1.54) is 0 Å². The van der Waals surface area contributed by atoms with E-state index in [0.29, 0.717) is 12.6 Å². The Balaban J connectivity index is 1.90. The molecule has 2 heterocycles. The zero-order valence-corrected chi connectivity index (χ0v) is 9.98. The Morgan fingerprint density at radius 2 is 2.12 bits per heavy atom. The van der Waals surface area contributed by atoms with Crippen LogP contribution in [0.1, 0.15) is 39.0 Å². The van der Waals surface area contributed by atoms with Gasteiger partial charge in [0.15, 0.2) is 0 Å². The maximum atomic E-state index is 12.2. The van der Waals surface area contributed by atoms with Crippen LogP contribution in [0.15, 0.2) is 0 Å². The van der Waals surface area contributed by atoms with Crippen molar-refractivity contribution in [1.29, 1.82) is 0 Å². The SMILES string of the molecule is CC1CCCC(C(=O)N2CCCC(O)C2)N1. The average molecular weight is 226 g/mol. The summed E-state index contributed by atoms with van der Waals surface area (Å²) in [6, 6.07) is 0.423. The molecule has 0 bridgehead atoms. The van der Waals surface area contributed by atoms with Gasteiger partial charge in [0.25, 0.3) is 0 Å². The normalized spacial score (nSPS) is 36.1. The number of hydrogen-bond acceptors (Lipinski definition) is 3. The van der Waals surface area contributed by atoms with Crippen LogP contribution >= 0.6 is 0 Å². The minimum Gasteiger partial charge on any atom is -0.391 e. The molecule has 0 aliphatic carbocycles. The molecule has 3 unspecified atom stereocenters. The molecule has 2 aliphatic heterocycles. The van der Waals surface area contributed by atoms with E-state index in [-0.39, 0.29) is 18.1 Å². The van der Waals surface area contributed by atoms with Gasteiger partial charge in [-0.05, 0) is 39.0 Å².